The van der Waals surface area contributed by atoms with Crippen LogP contribution in [0.15, 0.2) is 40.4 Å². The minimum Gasteiger partial charge on any atom is -0.481 e. The molecule has 9 atom stereocenters. The quantitative estimate of drug-likeness (QED) is 0.0171. The summed E-state index contributed by atoms with van der Waals surface area (Å²) < 4.78 is 0. The molecule has 0 bridgehead atoms. The summed E-state index contributed by atoms with van der Waals surface area (Å²) in [5.41, 5.74) is 40.2. The Bertz CT molecular complexity index is 2770. The smallest absolute Gasteiger partial charge is 0.326 e. The Morgan fingerprint density at radius 2 is 0.933 bits per heavy atom. The van der Waals surface area contributed by atoms with Gasteiger partial charge in [-0.2, -0.15) is 11.8 Å². The number of aromatic nitrogens is 1. The molecule has 2 rings (SSSR count). The van der Waals surface area contributed by atoms with E-state index in [4.69, 9.17) is 40.1 Å². The molecule has 33 nitrogen and oxygen atoms in total. The van der Waals surface area contributed by atoms with Gasteiger partial charge in [0.25, 0.3) is 0 Å². The predicted octanol–water partition coefficient (Wildman–Crippen LogP) is -3.97. The summed E-state index contributed by atoms with van der Waals surface area (Å²) in [5.74, 6) is -13.1. The number of nitrogens with two attached hydrogens (primary N) is 7. The van der Waals surface area contributed by atoms with Crippen molar-refractivity contribution in [1.82, 2.24) is 47.5 Å². The number of thioether (sulfide) groups is 1. The highest BCUT2D eigenvalue weighted by Crippen LogP contribution is 2.20. The lowest BCUT2D eigenvalue weighted by atomic mass is 10.00. The Labute approximate surface area is 518 Å². The van der Waals surface area contributed by atoms with Crippen LogP contribution in [0.1, 0.15) is 116 Å². The van der Waals surface area contributed by atoms with Crippen LogP contribution >= 0.6 is 11.8 Å². The van der Waals surface area contributed by atoms with Crippen molar-refractivity contribution in [1.29, 1.82) is 0 Å². The van der Waals surface area contributed by atoms with E-state index in [-0.39, 0.29) is 108 Å². The van der Waals surface area contributed by atoms with Gasteiger partial charge in [-0.15, -0.1) is 0 Å². The third kappa shape index (κ3) is 30.1. The SMILES string of the molecule is CSCC[C@H](NC(=O)[C@H](Cc1c[nH]c2ccccc12)NC(=O)[C@H](CCCN=C(N)N)NC(=O)[C@H](CCCCN)NC(=O)[C@H](CC(C)C)NC(=O)[C@H](CCC(=O)O)NC(=O)[C@H](CCC(=O)O)NC(=O)[C@H](CCCN=C(N)N)NC(=O)[C@@H](N)CCC(N)=O)C(=O)O. The molecule has 89 heavy (non-hydrogen) atoms. The number of hydrogen-bond donors (Lipinski definition) is 19. The lowest BCUT2D eigenvalue weighted by Crippen LogP contribution is -2.60. The summed E-state index contributed by atoms with van der Waals surface area (Å²) >= 11 is 1.37. The number of benzene rings is 1. The van der Waals surface area contributed by atoms with Crippen LogP contribution in [0.4, 0.5) is 0 Å². The molecule has 0 saturated carbocycles. The fourth-order valence-corrected chi connectivity index (χ4v) is 9.39. The molecule has 1 aromatic heterocycles. The number of primary amides is 1. The average molecular weight is 1280 g/mol. The first-order valence-corrected chi connectivity index (χ1v) is 30.4. The first kappa shape index (κ1) is 76.3. The van der Waals surface area contributed by atoms with Crippen LogP contribution in [0.25, 0.3) is 10.9 Å². The summed E-state index contributed by atoms with van der Waals surface area (Å²) in [6, 6.07) is -6.21. The van der Waals surface area contributed by atoms with Crippen LogP contribution in [0.3, 0.4) is 0 Å². The molecular formula is C55H90N18O15S. The number of nitrogens with one attached hydrogen (secondary N) is 9. The minimum atomic E-state index is -1.77. The van der Waals surface area contributed by atoms with Crippen LogP contribution in [-0.2, 0) is 64.0 Å². The van der Waals surface area contributed by atoms with Crippen molar-refractivity contribution in [3.63, 3.8) is 0 Å². The lowest BCUT2D eigenvalue weighted by Gasteiger charge is -2.28. The van der Waals surface area contributed by atoms with Crippen LogP contribution in [-0.4, -0.2) is 189 Å². The first-order chi connectivity index (χ1) is 42.1. The Kier molecular flexibility index (Phi) is 34.8. The number of aliphatic carboxylic acids is 3. The van der Waals surface area contributed by atoms with Crippen molar-refractivity contribution in [3.05, 3.63) is 36.0 Å². The highest BCUT2D eigenvalue weighted by Gasteiger charge is 2.36. The molecule has 9 amide bonds. The summed E-state index contributed by atoms with van der Waals surface area (Å²) in [4.78, 5) is 171. The molecule has 0 fully saturated rings. The van der Waals surface area contributed by atoms with Crippen molar-refractivity contribution < 1.29 is 72.9 Å². The number of rotatable bonds is 45. The molecular weight excluding hydrogens is 1180 g/mol. The number of fused-ring (bicyclic) bond motifs is 1. The predicted molar refractivity (Wildman–Crippen MR) is 330 cm³/mol. The van der Waals surface area contributed by atoms with Gasteiger partial charge < -0.3 is 103 Å². The molecule has 0 radical (unpaired) electrons. The number of unbranched alkanes of at least 4 members (excludes halogenated alkanes) is 1. The zero-order valence-electron chi connectivity index (χ0n) is 50.4. The standard InChI is InChI=1S/C55H90N18O15S/c1-29(2)26-40(72-50(84)38(17-20-44(77)78)70-49(83)37(16-19-43(75)76)69-47(81)35(13-8-23-63-54(59)60)66-45(79)32(57)15-18-42(58)74)51(85)68-34(12-6-7-22-56)46(80)67-36(14-9-24-64-55(61)62)48(82)73-41(52(86)71-39(53(87)88)21-25-89-3)27-30-28-65-33-11-5-4-10-31(30)33/h4-5,10-11,28-29,32,34-41,65H,6-9,12-27,56-57H2,1-3H3,(H2,58,74)(H,66,79)(H,67,80)(H,68,85)(H,69,81)(H,70,83)(H,71,86)(H,72,84)(H,73,82)(H,75,76)(H,77,78)(H,87,88)(H4,59,60,63)(H4,61,62,64)/t32-,34-,35-,36-,37-,38-,39-,40-,41-/m0/s1. The van der Waals surface area contributed by atoms with Crippen molar-refractivity contribution >= 4 is 106 Å². The molecule has 0 aliphatic rings. The van der Waals surface area contributed by atoms with Crippen molar-refractivity contribution in [2.24, 2.45) is 56.0 Å². The summed E-state index contributed by atoms with van der Waals surface area (Å²) in [7, 11) is 0. The fraction of sp³-hybridized carbons (Fsp3) is 0.600. The van der Waals surface area contributed by atoms with Crippen LogP contribution < -0.4 is 82.7 Å². The van der Waals surface area contributed by atoms with E-state index < -0.39 is 151 Å². The molecule has 496 valence electrons. The number of para-hydroxylation sites is 1. The molecule has 0 unspecified atom stereocenters. The van der Waals surface area contributed by atoms with E-state index in [1.807, 2.05) is 0 Å². The van der Waals surface area contributed by atoms with E-state index in [1.165, 1.54) is 11.8 Å². The molecule has 0 aliphatic heterocycles. The molecule has 0 saturated heterocycles. The van der Waals surface area contributed by atoms with E-state index in [1.54, 1.807) is 50.6 Å². The lowest BCUT2D eigenvalue weighted by molar-refractivity contribution is -0.142. The molecule has 0 spiro atoms. The molecule has 1 heterocycles. The Morgan fingerprint density at radius 1 is 0.517 bits per heavy atom. The molecule has 2 aromatic rings. The van der Waals surface area contributed by atoms with Gasteiger partial charge in [0, 0.05) is 55.9 Å². The van der Waals surface area contributed by atoms with E-state index in [9.17, 15) is 72.9 Å². The number of aliphatic imine (C=N–C) groups is 2. The zero-order valence-corrected chi connectivity index (χ0v) is 51.2. The summed E-state index contributed by atoms with van der Waals surface area (Å²) in [6.45, 7) is 3.56. The van der Waals surface area contributed by atoms with Crippen molar-refractivity contribution in [2.45, 2.75) is 171 Å². The maximum atomic E-state index is 14.5. The second-order valence-electron chi connectivity index (χ2n) is 21.5. The van der Waals surface area contributed by atoms with E-state index in [2.05, 4.69) is 57.5 Å². The monoisotopic (exact) mass is 1270 g/mol. The van der Waals surface area contributed by atoms with Gasteiger partial charge in [0.2, 0.25) is 53.2 Å². The fourth-order valence-electron chi connectivity index (χ4n) is 8.92. The largest absolute Gasteiger partial charge is 0.481 e. The van der Waals surface area contributed by atoms with Gasteiger partial charge in [-0.05, 0) is 113 Å². The van der Waals surface area contributed by atoms with Gasteiger partial charge in [0.15, 0.2) is 11.9 Å². The van der Waals surface area contributed by atoms with Gasteiger partial charge in [-0.1, -0.05) is 32.0 Å². The number of carbonyl (C=O) groups excluding carboxylic acids is 9. The Morgan fingerprint density at radius 3 is 1.37 bits per heavy atom. The van der Waals surface area contributed by atoms with Crippen LogP contribution in [0, 0.1) is 5.92 Å². The molecule has 34 heteroatoms. The Hall–Kier alpha value is -8.79. The number of H-pyrrole nitrogens is 1. The number of carboxylic acids is 3. The highest BCUT2D eigenvalue weighted by molar-refractivity contribution is 7.98. The number of carbonyl (C=O) groups is 12. The van der Waals surface area contributed by atoms with Crippen molar-refractivity contribution in [3.8, 4) is 0 Å². The normalized spacial score (nSPS) is 14.1. The number of hydrogen-bond acceptors (Lipinski definition) is 17. The number of amides is 9. The first-order valence-electron chi connectivity index (χ1n) is 29.0. The maximum absolute atomic E-state index is 14.5. The van der Waals surface area contributed by atoms with Gasteiger partial charge in [-0.3, -0.25) is 62.7 Å². The number of aromatic amines is 1. The Balaban J connectivity index is 2.57. The van der Waals surface area contributed by atoms with Gasteiger partial charge in [-0.25, -0.2) is 4.79 Å². The zero-order chi connectivity index (χ0) is 66.8. The van der Waals surface area contributed by atoms with Gasteiger partial charge in [0.1, 0.15) is 48.3 Å². The molecule has 0 aliphatic carbocycles. The number of nitrogens with zero attached hydrogens (tertiary/aromatic N) is 2. The van der Waals surface area contributed by atoms with Crippen LogP contribution in [0.5, 0.6) is 0 Å². The van der Waals surface area contributed by atoms with E-state index >= 15 is 0 Å². The van der Waals surface area contributed by atoms with Crippen molar-refractivity contribution in [2.75, 3.05) is 31.6 Å². The second kappa shape index (κ2) is 40.6. The topological polar surface area (TPSA) is 584 Å². The summed E-state index contributed by atoms with van der Waals surface area (Å²) in [6.07, 6.45) is 0.568. The maximum Gasteiger partial charge on any atom is 0.326 e. The number of carboxylic acid groups (broad SMARTS) is 3. The third-order valence-corrected chi connectivity index (χ3v) is 14.3. The van der Waals surface area contributed by atoms with E-state index in [0.29, 0.717) is 17.7 Å². The summed E-state index contributed by atoms with van der Waals surface area (Å²) in [5, 5.41) is 50.3. The van der Waals surface area contributed by atoms with E-state index in [0.717, 1.165) is 10.9 Å². The van der Waals surface area contributed by atoms with Gasteiger partial charge in [0.05, 0.1) is 6.04 Å². The third-order valence-electron chi connectivity index (χ3n) is 13.6. The van der Waals surface area contributed by atoms with Crippen LogP contribution in [0.2, 0.25) is 0 Å². The number of guanidine groups is 2. The molecule has 26 N–H and O–H groups in total. The minimum absolute atomic E-state index is 0.00393. The van der Waals surface area contributed by atoms with Gasteiger partial charge >= 0.3 is 17.9 Å². The average Bonchev–Trinajstić information content (AvgIpc) is 4.04. The second-order valence-corrected chi connectivity index (χ2v) is 22.4. The molecule has 1 aromatic carbocycles. The highest BCUT2D eigenvalue weighted by atomic mass is 32.2.